The maximum atomic E-state index is 13.9. The van der Waals surface area contributed by atoms with Gasteiger partial charge in [-0.15, -0.1) is 0 Å². The van der Waals surface area contributed by atoms with E-state index in [9.17, 15) is 13.2 Å². The topological polar surface area (TPSA) is 79.0 Å². The summed E-state index contributed by atoms with van der Waals surface area (Å²) in [6.45, 7) is 8.35. The number of carbonyl (C=O) groups is 1. The number of piperidine rings is 1. The molecule has 0 saturated carbocycles. The van der Waals surface area contributed by atoms with Crippen molar-refractivity contribution in [3.63, 3.8) is 0 Å². The SMILES string of the molecule is Cc1ccc(S(=O)(=O)N2C[C@@]3(CCCN(CC(=O)Nc4cccc5ccccc45)C3)OC[C@@H]2CC(C)C)cc1. The van der Waals surface area contributed by atoms with E-state index >= 15 is 0 Å². The fourth-order valence-corrected chi connectivity index (χ4v) is 7.67. The van der Waals surface area contributed by atoms with Gasteiger partial charge in [-0.3, -0.25) is 9.69 Å². The Labute approximate surface area is 232 Å². The van der Waals surface area contributed by atoms with Crippen molar-refractivity contribution >= 4 is 32.4 Å². The summed E-state index contributed by atoms with van der Waals surface area (Å²) in [6, 6.07) is 20.8. The van der Waals surface area contributed by atoms with Crippen LogP contribution in [-0.2, 0) is 19.6 Å². The van der Waals surface area contributed by atoms with E-state index in [1.54, 1.807) is 16.4 Å². The summed E-state index contributed by atoms with van der Waals surface area (Å²) in [6.07, 6.45) is 2.34. The molecular formula is C31H39N3O4S. The number of amides is 1. The first-order valence-electron chi connectivity index (χ1n) is 13.9. The average Bonchev–Trinajstić information content (AvgIpc) is 2.90. The summed E-state index contributed by atoms with van der Waals surface area (Å²) in [5, 5.41) is 5.17. The Morgan fingerprint density at radius 2 is 1.79 bits per heavy atom. The lowest BCUT2D eigenvalue weighted by atomic mass is 9.89. The molecule has 8 heteroatoms. The van der Waals surface area contributed by atoms with Gasteiger partial charge in [0, 0.05) is 30.2 Å². The van der Waals surface area contributed by atoms with E-state index in [0.29, 0.717) is 30.5 Å². The summed E-state index contributed by atoms with van der Waals surface area (Å²) in [5.41, 5.74) is 1.19. The van der Waals surface area contributed by atoms with E-state index in [4.69, 9.17) is 4.74 Å². The Hall–Kier alpha value is -2.78. The molecule has 208 valence electrons. The zero-order valence-electron chi connectivity index (χ0n) is 23.1. The highest BCUT2D eigenvalue weighted by atomic mass is 32.2. The highest BCUT2D eigenvalue weighted by Crippen LogP contribution is 2.35. The second kappa shape index (κ2) is 11.4. The minimum Gasteiger partial charge on any atom is -0.371 e. The molecule has 1 amide bonds. The number of benzene rings is 3. The summed E-state index contributed by atoms with van der Waals surface area (Å²) in [7, 11) is -3.70. The number of morpholine rings is 1. The van der Waals surface area contributed by atoms with Gasteiger partial charge in [-0.1, -0.05) is 67.9 Å². The number of sulfonamides is 1. The molecule has 0 bridgehead atoms. The van der Waals surface area contributed by atoms with Crippen molar-refractivity contribution in [2.75, 3.05) is 38.1 Å². The number of ether oxygens (including phenoxy) is 1. The van der Waals surface area contributed by atoms with Gasteiger partial charge in [0.05, 0.1) is 23.6 Å². The van der Waals surface area contributed by atoms with E-state index in [1.807, 2.05) is 61.5 Å². The van der Waals surface area contributed by atoms with Gasteiger partial charge in [-0.05, 0) is 62.2 Å². The van der Waals surface area contributed by atoms with Gasteiger partial charge < -0.3 is 10.1 Å². The zero-order chi connectivity index (χ0) is 27.6. The summed E-state index contributed by atoms with van der Waals surface area (Å²) < 4.78 is 35.9. The van der Waals surface area contributed by atoms with Gasteiger partial charge in [0.15, 0.2) is 0 Å². The Morgan fingerprint density at radius 1 is 1.05 bits per heavy atom. The molecule has 2 atom stereocenters. The summed E-state index contributed by atoms with van der Waals surface area (Å²) >= 11 is 0. The summed E-state index contributed by atoms with van der Waals surface area (Å²) in [5.74, 6) is 0.255. The number of nitrogens with one attached hydrogen (secondary N) is 1. The molecule has 1 N–H and O–H groups in total. The number of likely N-dealkylation sites (tertiary alicyclic amines) is 1. The molecule has 2 saturated heterocycles. The minimum absolute atomic E-state index is 0.0824. The number of anilines is 1. The number of hydrogen-bond donors (Lipinski definition) is 1. The number of fused-ring (bicyclic) bond motifs is 1. The minimum atomic E-state index is -3.70. The smallest absolute Gasteiger partial charge is 0.243 e. The fraction of sp³-hybridized carbons (Fsp3) is 0.452. The predicted octanol–water partition coefficient (Wildman–Crippen LogP) is 5.06. The molecule has 2 heterocycles. The predicted molar refractivity (Wildman–Crippen MR) is 155 cm³/mol. The molecule has 3 aromatic rings. The molecule has 0 aromatic heterocycles. The molecule has 2 aliphatic rings. The van der Waals surface area contributed by atoms with Gasteiger partial charge in [-0.25, -0.2) is 8.42 Å². The van der Waals surface area contributed by atoms with Crippen LogP contribution >= 0.6 is 0 Å². The first-order chi connectivity index (χ1) is 18.6. The Morgan fingerprint density at radius 3 is 2.56 bits per heavy atom. The lowest BCUT2D eigenvalue weighted by Gasteiger charge is -2.50. The lowest BCUT2D eigenvalue weighted by Crippen LogP contribution is -2.64. The Balaban J connectivity index is 1.32. The van der Waals surface area contributed by atoms with Crippen LogP contribution in [0.15, 0.2) is 71.6 Å². The zero-order valence-corrected chi connectivity index (χ0v) is 23.9. The average molecular weight is 550 g/mol. The van der Waals surface area contributed by atoms with Crippen molar-refractivity contribution < 1.29 is 17.9 Å². The van der Waals surface area contributed by atoms with Gasteiger partial charge in [0.2, 0.25) is 15.9 Å². The molecular weight excluding hydrogens is 510 g/mol. The molecule has 1 spiro atoms. The number of nitrogens with zero attached hydrogens (tertiary/aromatic N) is 2. The quantitative estimate of drug-likeness (QED) is 0.446. The normalized spacial score (nSPS) is 22.9. The van der Waals surface area contributed by atoms with Crippen LogP contribution in [0.1, 0.15) is 38.7 Å². The molecule has 2 fully saturated rings. The van der Waals surface area contributed by atoms with E-state index in [2.05, 4.69) is 24.1 Å². The lowest BCUT2D eigenvalue weighted by molar-refractivity contribution is -0.146. The molecule has 7 nitrogen and oxygen atoms in total. The third-order valence-corrected chi connectivity index (χ3v) is 9.77. The third-order valence-electron chi connectivity index (χ3n) is 7.85. The number of rotatable bonds is 7. The molecule has 39 heavy (non-hydrogen) atoms. The number of hydrogen-bond acceptors (Lipinski definition) is 5. The van der Waals surface area contributed by atoms with Crippen LogP contribution in [0.2, 0.25) is 0 Å². The van der Waals surface area contributed by atoms with Crippen molar-refractivity contribution in [1.29, 1.82) is 0 Å². The molecule has 2 aliphatic heterocycles. The van der Waals surface area contributed by atoms with Gasteiger partial charge >= 0.3 is 0 Å². The highest BCUT2D eigenvalue weighted by Gasteiger charge is 2.47. The van der Waals surface area contributed by atoms with Crippen molar-refractivity contribution in [2.24, 2.45) is 5.92 Å². The number of aryl methyl sites for hydroxylation is 1. The molecule has 3 aromatic carbocycles. The first-order valence-corrected chi connectivity index (χ1v) is 15.3. The van der Waals surface area contributed by atoms with Crippen LogP contribution in [0.3, 0.4) is 0 Å². The molecule has 0 unspecified atom stereocenters. The second-order valence-corrected chi connectivity index (χ2v) is 13.4. The van der Waals surface area contributed by atoms with E-state index in [-0.39, 0.29) is 18.5 Å². The van der Waals surface area contributed by atoms with Crippen LogP contribution in [-0.4, -0.2) is 68.0 Å². The molecule has 0 radical (unpaired) electrons. The third kappa shape index (κ3) is 6.19. The Kier molecular flexibility index (Phi) is 8.10. The fourth-order valence-electron chi connectivity index (χ4n) is 5.97. The van der Waals surface area contributed by atoms with E-state index < -0.39 is 15.6 Å². The van der Waals surface area contributed by atoms with Gasteiger partial charge in [0.25, 0.3) is 0 Å². The maximum Gasteiger partial charge on any atom is 0.243 e. The number of carbonyl (C=O) groups excluding carboxylic acids is 1. The van der Waals surface area contributed by atoms with Crippen LogP contribution in [0.5, 0.6) is 0 Å². The van der Waals surface area contributed by atoms with E-state index in [1.165, 1.54) is 0 Å². The van der Waals surface area contributed by atoms with Crippen LogP contribution < -0.4 is 5.32 Å². The van der Waals surface area contributed by atoms with Gasteiger partial charge in [-0.2, -0.15) is 4.31 Å². The standard InChI is InChI=1S/C31H39N3O4S/c1-23(2)18-26-20-38-31(22-34(26)39(36,37)27-14-12-24(3)13-15-27)16-7-17-33(21-31)19-30(35)32-29-11-6-9-25-8-4-5-10-28(25)29/h4-6,8-15,23,26H,7,16-22H2,1-3H3,(H,32,35)/t26-,31-/m0/s1. The first kappa shape index (κ1) is 27.8. The largest absolute Gasteiger partial charge is 0.371 e. The van der Waals surface area contributed by atoms with Crippen LogP contribution in [0.25, 0.3) is 10.8 Å². The molecule has 0 aliphatic carbocycles. The summed E-state index contributed by atoms with van der Waals surface area (Å²) in [4.78, 5) is 15.5. The van der Waals surface area contributed by atoms with Crippen molar-refractivity contribution in [3.05, 3.63) is 72.3 Å². The molecule has 5 rings (SSSR count). The monoisotopic (exact) mass is 549 g/mol. The van der Waals surface area contributed by atoms with Gasteiger partial charge in [0.1, 0.15) is 0 Å². The highest BCUT2D eigenvalue weighted by molar-refractivity contribution is 7.89. The van der Waals surface area contributed by atoms with Crippen molar-refractivity contribution in [3.8, 4) is 0 Å². The van der Waals surface area contributed by atoms with Crippen molar-refractivity contribution in [2.45, 2.75) is 56.6 Å². The van der Waals surface area contributed by atoms with Crippen LogP contribution in [0.4, 0.5) is 5.69 Å². The Bertz CT molecular complexity index is 1420. The van der Waals surface area contributed by atoms with Crippen LogP contribution in [0, 0.1) is 12.8 Å². The second-order valence-electron chi connectivity index (χ2n) is 11.5. The van der Waals surface area contributed by atoms with Crippen molar-refractivity contribution in [1.82, 2.24) is 9.21 Å². The maximum absolute atomic E-state index is 13.9. The van der Waals surface area contributed by atoms with E-state index in [0.717, 1.165) is 47.8 Å².